The molecule has 20 heavy (non-hydrogen) atoms. The van der Waals surface area contributed by atoms with Crippen molar-refractivity contribution in [3.05, 3.63) is 29.8 Å². The first kappa shape index (κ1) is 15.5. The Morgan fingerprint density at radius 2 is 1.60 bits per heavy atom. The van der Waals surface area contributed by atoms with Crippen molar-refractivity contribution in [2.75, 3.05) is 7.05 Å². The molecule has 0 amide bonds. The van der Waals surface area contributed by atoms with Crippen molar-refractivity contribution in [3.63, 3.8) is 0 Å². The molecule has 0 saturated heterocycles. The predicted octanol–water partition coefficient (Wildman–Crippen LogP) is 2.06. The first-order chi connectivity index (χ1) is 9.55. The third kappa shape index (κ3) is 3.81. The Bertz CT molecular complexity index is 517. The van der Waals surface area contributed by atoms with Crippen LogP contribution in [0.5, 0.6) is 0 Å². The van der Waals surface area contributed by atoms with Gasteiger partial charge in [-0.15, -0.1) is 0 Å². The lowest BCUT2D eigenvalue weighted by molar-refractivity contribution is 0.343. The average Bonchev–Trinajstić information content (AvgIpc) is 2.48. The van der Waals surface area contributed by atoms with Gasteiger partial charge in [-0.2, -0.15) is 0 Å². The van der Waals surface area contributed by atoms with Crippen LogP contribution >= 0.6 is 0 Å². The monoisotopic (exact) mass is 296 g/mol. The van der Waals surface area contributed by atoms with E-state index in [9.17, 15) is 8.42 Å². The van der Waals surface area contributed by atoms with Crippen LogP contribution < -0.4 is 10.0 Å². The number of benzene rings is 1. The first-order valence-corrected chi connectivity index (χ1v) is 8.82. The summed E-state index contributed by atoms with van der Waals surface area (Å²) in [5, 5.41) is 3.25. The average molecular weight is 296 g/mol. The Hall–Kier alpha value is -0.910. The Balaban J connectivity index is 2.00. The van der Waals surface area contributed by atoms with Gasteiger partial charge < -0.3 is 5.32 Å². The Kier molecular flexibility index (Phi) is 5.18. The molecule has 1 fully saturated rings. The van der Waals surface area contributed by atoms with Gasteiger partial charge in [-0.3, -0.25) is 0 Å². The van der Waals surface area contributed by atoms with E-state index < -0.39 is 10.0 Å². The summed E-state index contributed by atoms with van der Waals surface area (Å²) in [5.41, 5.74) is 1.15. The number of nitrogens with one attached hydrogen (secondary N) is 2. The summed E-state index contributed by atoms with van der Waals surface area (Å²) < 4.78 is 27.5. The maximum Gasteiger partial charge on any atom is 0.240 e. The lowest BCUT2D eigenvalue weighted by Crippen LogP contribution is -2.41. The lowest BCUT2D eigenvalue weighted by atomic mass is 9.92. The quantitative estimate of drug-likeness (QED) is 0.874. The Morgan fingerprint density at radius 3 is 2.10 bits per heavy atom. The van der Waals surface area contributed by atoms with Crippen LogP contribution in [0.25, 0.3) is 0 Å². The molecule has 4 nitrogen and oxygen atoms in total. The zero-order valence-corrected chi connectivity index (χ0v) is 13.0. The molecule has 2 N–H and O–H groups in total. The fraction of sp³-hybridized carbons (Fsp3) is 0.600. The van der Waals surface area contributed by atoms with Gasteiger partial charge in [0.1, 0.15) is 0 Å². The van der Waals surface area contributed by atoms with Crippen molar-refractivity contribution in [3.8, 4) is 0 Å². The summed E-state index contributed by atoms with van der Waals surface area (Å²) in [4.78, 5) is 0.366. The number of sulfonamides is 1. The maximum atomic E-state index is 12.3. The van der Waals surface area contributed by atoms with Crippen LogP contribution in [0.3, 0.4) is 0 Å². The van der Waals surface area contributed by atoms with E-state index in [1.54, 1.807) is 12.1 Å². The molecule has 0 aliphatic heterocycles. The normalized spacial score (nSPS) is 23.7. The molecule has 0 spiro atoms. The second kappa shape index (κ2) is 6.70. The van der Waals surface area contributed by atoms with Crippen LogP contribution in [0.15, 0.2) is 29.2 Å². The smallest absolute Gasteiger partial charge is 0.240 e. The van der Waals surface area contributed by atoms with Crippen molar-refractivity contribution in [1.29, 1.82) is 0 Å². The van der Waals surface area contributed by atoms with Gasteiger partial charge in [0.15, 0.2) is 0 Å². The van der Waals surface area contributed by atoms with E-state index in [4.69, 9.17) is 0 Å². The third-order valence-electron chi connectivity index (χ3n) is 4.10. The molecular weight excluding hydrogens is 272 g/mol. The minimum atomic E-state index is -3.38. The highest BCUT2D eigenvalue weighted by Crippen LogP contribution is 2.20. The molecule has 0 unspecified atom stereocenters. The van der Waals surface area contributed by atoms with Gasteiger partial charge in [-0.05, 0) is 56.8 Å². The molecule has 2 rings (SSSR count). The van der Waals surface area contributed by atoms with Gasteiger partial charge in [0.2, 0.25) is 10.0 Å². The highest BCUT2D eigenvalue weighted by atomic mass is 32.2. The van der Waals surface area contributed by atoms with Crippen molar-refractivity contribution in [1.82, 2.24) is 10.0 Å². The summed E-state index contributed by atoms with van der Waals surface area (Å²) >= 11 is 0. The predicted molar refractivity (Wildman–Crippen MR) is 81.2 cm³/mol. The molecule has 5 heteroatoms. The Labute approximate surface area is 122 Å². The lowest BCUT2D eigenvalue weighted by Gasteiger charge is -2.28. The van der Waals surface area contributed by atoms with Gasteiger partial charge in [-0.1, -0.05) is 19.1 Å². The van der Waals surface area contributed by atoms with Crippen molar-refractivity contribution >= 4 is 10.0 Å². The van der Waals surface area contributed by atoms with Gasteiger partial charge >= 0.3 is 0 Å². The number of hydrogen-bond donors (Lipinski definition) is 2. The zero-order chi connectivity index (χ0) is 14.6. The molecule has 1 aromatic carbocycles. The van der Waals surface area contributed by atoms with Crippen LogP contribution in [0.4, 0.5) is 0 Å². The minimum Gasteiger partial charge on any atom is -0.317 e. The standard InChI is InChI=1S/C15H24N2O2S/c1-3-12-4-10-15(11-5-12)20(18,19)17-14-8-6-13(16-2)7-9-14/h4-5,10-11,13-14,16-17H,3,6-9H2,1-2H3. The fourth-order valence-electron chi connectivity index (χ4n) is 2.69. The van der Waals surface area contributed by atoms with Crippen molar-refractivity contribution in [2.24, 2.45) is 0 Å². The summed E-state index contributed by atoms with van der Waals surface area (Å²) in [7, 11) is -1.42. The van der Waals surface area contributed by atoms with Crippen LogP contribution in [0, 0.1) is 0 Å². The van der Waals surface area contributed by atoms with E-state index >= 15 is 0 Å². The molecule has 112 valence electrons. The highest BCUT2D eigenvalue weighted by molar-refractivity contribution is 7.89. The molecule has 1 saturated carbocycles. The molecule has 1 aromatic rings. The molecular formula is C15H24N2O2S. The molecule has 0 bridgehead atoms. The summed E-state index contributed by atoms with van der Waals surface area (Å²) in [6.07, 6.45) is 4.77. The van der Waals surface area contributed by atoms with Crippen molar-refractivity contribution in [2.45, 2.75) is 56.0 Å². The van der Waals surface area contributed by atoms with E-state index in [0.29, 0.717) is 10.9 Å². The van der Waals surface area contributed by atoms with E-state index in [1.165, 1.54) is 0 Å². The summed E-state index contributed by atoms with van der Waals surface area (Å²) in [5.74, 6) is 0. The SMILES string of the molecule is CCc1ccc(S(=O)(=O)NC2CCC(NC)CC2)cc1. The Morgan fingerprint density at radius 1 is 1.05 bits per heavy atom. The van der Waals surface area contributed by atoms with E-state index in [2.05, 4.69) is 17.0 Å². The van der Waals surface area contributed by atoms with Crippen LogP contribution in [-0.2, 0) is 16.4 Å². The topological polar surface area (TPSA) is 58.2 Å². The summed E-state index contributed by atoms with van der Waals surface area (Å²) in [6, 6.07) is 7.75. The number of aryl methyl sites for hydroxylation is 1. The second-order valence-corrected chi connectivity index (χ2v) is 7.17. The van der Waals surface area contributed by atoms with Crippen molar-refractivity contribution < 1.29 is 8.42 Å². The maximum absolute atomic E-state index is 12.3. The molecule has 1 aliphatic rings. The van der Waals surface area contributed by atoms with Gasteiger partial charge in [0, 0.05) is 12.1 Å². The minimum absolute atomic E-state index is 0.0652. The van der Waals surface area contributed by atoms with E-state index in [-0.39, 0.29) is 6.04 Å². The molecule has 0 atom stereocenters. The van der Waals surface area contributed by atoms with Crippen LogP contribution in [0.2, 0.25) is 0 Å². The zero-order valence-electron chi connectivity index (χ0n) is 12.2. The van der Waals surface area contributed by atoms with Crippen LogP contribution in [-0.4, -0.2) is 27.5 Å². The van der Waals surface area contributed by atoms with Gasteiger partial charge in [0.05, 0.1) is 4.90 Å². The second-order valence-electron chi connectivity index (χ2n) is 5.46. The van der Waals surface area contributed by atoms with E-state index in [1.807, 2.05) is 19.2 Å². The van der Waals surface area contributed by atoms with E-state index in [0.717, 1.165) is 37.7 Å². The van der Waals surface area contributed by atoms with Gasteiger partial charge in [-0.25, -0.2) is 13.1 Å². The largest absolute Gasteiger partial charge is 0.317 e. The summed E-state index contributed by atoms with van der Waals surface area (Å²) in [6.45, 7) is 2.06. The van der Waals surface area contributed by atoms with Gasteiger partial charge in [0.25, 0.3) is 0 Å². The molecule has 0 aromatic heterocycles. The third-order valence-corrected chi connectivity index (χ3v) is 5.64. The molecule has 1 aliphatic carbocycles. The number of rotatable bonds is 5. The fourth-order valence-corrected chi connectivity index (χ4v) is 4.00. The number of hydrogen-bond acceptors (Lipinski definition) is 3. The highest BCUT2D eigenvalue weighted by Gasteiger charge is 2.24. The first-order valence-electron chi connectivity index (χ1n) is 7.33. The molecule has 0 radical (unpaired) electrons. The van der Waals surface area contributed by atoms with Crippen LogP contribution in [0.1, 0.15) is 38.2 Å². The molecule has 0 heterocycles.